The number of amides is 1. The zero-order valence-electron chi connectivity index (χ0n) is 13.0. The van der Waals surface area contributed by atoms with E-state index in [-0.39, 0.29) is 5.41 Å². The number of carbonyl (C=O) groups excluding carboxylic acids is 1. The predicted octanol–water partition coefficient (Wildman–Crippen LogP) is 4.13. The van der Waals surface area contributed by atoms with Crippen LogP contribution in [0.15, 0.2) is 0 Å². The molecule has 0 aromatic heterocycles. The fourth-order valence-electron chi connectivity index (χ4n) is 5.60. The van der Waals surface area contributed by atoms with Gasteiger partial charge in [-0.15, -0.1) is 0 Å². The molecular formula is C17H28BrNO. The standard InChI is InChI=1S/C17H28BrNO/c1-11(2)14(18)9-19-15(20)17-7-12-4-13(8-17)6-16(3,5-12)10-17/h11-14H,4-10H2,1-3H3,(H,19,20). The summed E-state index contributed by atoms with van der Waals surface area (Å²) in [5.74, 6) is 2.54. The molecule has 3 atom stereocenters. The summed E-state index contributed by atoms with van der Waals surface area (Å²) < 4.78 is 0. The highest BCUT2D eigenvalue weighted by Gasteiger charge is 2.58. The SMILES string of the molecule is CC(C)C(Br)CNC(=O)C12CC3CC(CC(C)(C3)C1)C2. The van der Waals surface area contributed by atoms with E-state index in [4.69, 9.17) is 0 Å². The first-order valence-electron chi connectivity index (χ1n) is 8.24. The van der Waals surface area contributed by atoms with Crippen LogP contribution in [0.3, 0.4) is 0 Å². The van der Waals surface area contributed by atoms with Crippen LogP contribution in [0, 0.1) is 28.6 Å². The van der Waals surface area contributed by atoms with Gasteiger partial charge in [0.25, 0.3) is 0 Å². The summed E-state index contributed by atoms with van der Waals surface area (Å²) in [7, 11) is 0. The zero-order valence-corrected chi connectivity index (χ0v) is 14.6. The molecule has 4 rings (SSSR count). The lowest BCUT2D eigenvalue weighted by Gasteiger charge is -2.60. The molecule has 20 heavy (non-hydrogen) atoms. The second-order valence-electron chi connectivity index (χ2n) is 8.52. The fourth-order valence-corrected chi connectivity index (χ4v) is 5.76. The van der Waals surface area contributed by atoms with Crippen molar-refractivity contribution < 1.29 is 4.79 Å². The monoisotopic (exact) mass is 341 g/mol. The van der Waals surface area contributed by atoms with Crippen LogP contribution in [0.4, 0.5) is 0 Å². The lowest BCUT2D eigenvalue weighted by molar-refractivity contribution is -0.155. The molecule has 4 bridgehead atoms. The molecule has 0 spiro atoms. The normalized spacial score (nSPS) is 43.9. The maximum absolute atomic E-state index is 12.8. The number of rotatable bonds is 4. The highest BCUT2D eigenvalue weighted by molar-refractivity contribution is 9.09. The lowest BCUT2D eigenvalue weighted by Crippen LogP contribution is -2.57. The molecule has 1 amide bonds. The molecule has 4 saturated carbocycles. The van der Waals surface area contributed by atoms with Crippen LogP contribution in [-0.2, 0) is 4.79 Å². The van der Waals surface area contributed by atoms with Crippen molar-refractivity contribution in [2.24, 2.45) is 28.6 Å². The largest absolute Gasteiger partial charge is 0.354 e. The summed E-state index contributed by atoms with van der Waals surface area (Å²) >= 11 is 3.68. The minimum absolute atomic E-state index is 0.0253. The zero-order chi connectivity index (χ0) is 14.5. The molecule has 4 aliphatic carbocycles. The molecule has 2 nitrogen and oxygen atoms in total. The van der Waals surface area contributed by atoms with E-state index in [1.807, 2.05) is 0 Å². The molecule has 3 unspecified atom stereocenters. The van der Waals surface area contributed by atoms with Gasteiger partial charge in [0.1, 0.15) is 0 Å². The van der Waals surface area contributed by atoms with Gasteiger partial charge in [-0.3, -0.25) is 4.79 Å². The van der Waals surface area contributed by atoms with Crippen molar-refractivity contribution in [1.82, 2.24) is 5.32 Å². The van der Waals surface area contributed by atoms with Gasteiger partial charge in [0.15, 0.2) is 0 Å². The van der Waals surface area contributed by atoms with E-state index in [1.165, 1.54) is 19.3 Å². The Bertz CT molecular complexity index is 392. The van der Waals surface area contributed by atoms with Crippen LogP contribution in [0.2, 0.25) is 0 Å². The Morgan fingerprint density at radius 3 is 2.35 bits per heavy atom. The first-order chi connectivity index (χ1) is 9.32. The van der Waals surface area contributed by atoms with Crippen molar-refractivity contribution in [2.45, 2.75) is 64.1 Å². The molecule has 0 aliphatic heterocycles. The highest BCUT2D eigenvalue weighted by atomic mass is 79.9. The van der Waals surface area contributed by atoms with Crippen LogP contribution in [0.5, 0.6) is 0 Å². The summed E-state index contributed by atoms with van der Waals surface area (Å²) in [6, 6.07) is 0. The highest BCUT2D eigenvalue weighted by Crippen LogP contribution is 2.65. The topological polar surface area (TPSA) is 29.1 Å². The smallest absolute Gasteiger partial charge is 0.226 e. The molecule has 1 N–H and O–H groups in total. The maximum Gasteiger partial charge on any atom is 0.226 e. The quantitative estimate of drug-likeness (QED) is 0.765. The van der Waals surface area contributed by atoms with Gasteiger partial charge in [0, 0.05) is 11.4 Å². The third kappa shape index (κ3) is 2.55. The molecule has 0 aromatic carbocycles. The van der Waals surface area contributed by atoms with Gasteiger partial charge in [-0.1, -0.05) is 36.7 Å². The molecule has 0 radical (unpaired) electrons. The van der Waals surface area contributed by atoms with E-state index >= 15 is 0 Å². The van der Waals surface area contributed by atoms with E-state index in [0.717, 1.165) is 37.6 Å². The summed E-state index contributed by atoms with van der Waals surface area (Å²) in [6.45, 7) is 7.58. The maximum atomic E-state index is 12.8. The second-order valence-corrected chi connectivity index (χ2v) is 9.70. The number of carbonyl (C=O) groups is 1. The van der Waals surface area contributed by atoms with E-state index in [0.29, 0.717) is 22.1 Å². The van der Waals surface area contributed by atoms with E-state index in [9.17, 15) is 4.79 Å². The number of hydrogen-bond acceptors (Lipinski definition) is 1. The molecule has 0 aromatic rings. The second kappa shape index (κ2) is 5.00. The van der Waals surface area contributed by atoms with Crippen LogP contribution in [0.25, 0.3) is 0 Å². The number of hydrogen-bond donors (Lipinski definition) is 1. The van der Waals surface area contributed by atoms with Crippen molar-refractivity contribution >= 4 is 21.8 Å². The van der Waals surface area contributed by atoms with Crippen molar-refractivity contribution in [2.75, 3.05) is 6.54 Å². The van der Waals surface area contributed by atoms with E-state index in [1.54, 1.807) is 0 Å². The van der Waals surface area contributed by atoms with E-state index < -0.39 is 0 Å². The number of halogens is 1. The minimum Gasteiger partial charge on any atom is -0.354 e. The number of nitrogens with one attached hydrogen (secondary N) is 1. The molecule has 4 aliphatic rings. The van der Waals surface area contributed by atoms with Gasteiger partial charge in [-0.25, -0.2) is 0 Å². The first-order valence-corrected chi connectivity index (χ1v) is 9.16. The number of alkyl halides is 1. The molecule has 0 heterocycles. The van der Waals surface area contributed by atoms with Crippen molar-refractivity contribution in [3.63, 3.8) is 0 Å². The van der Waals surface area contributed by atoms with Crippen LogP contribution in [-0.4, -0.2) is 17.3 Å². The van der Waals surface area contributed by atoms with Gasteiger partial charge >= 0.3 is 0 Å². The van der Waals surface area contributed by atoms with Crippen LogP contribution < -0.4 is 5.32 Å². The third-order valence-electron chi connectivity index (χ3n) is 6.02. The lowest BCUT2D eigenvalue weighted by atomic mass is 9.44. The molecule has 3 heteroatoms. The van der Waals surface area contributed by atoms with Gasteiger partial charge in [0.05, 0.1) is 5.41 Å². The summed E-state index contributed by atoms with van der Waals surface area (Å²) in [5.41, 5.74) is 0.426. The minimum atomic E-state index is -0.0253. The molecular weight excluding hydrogens is 314 g/mol. The Morgan fingerprint density at radius 2 is 1.85 bits per heavy atom. The first kappa shape index (κ1) is 14.9. The van der Waals surface area contributed by atoms with Gasteiger partial charge in [-0.2, -0.15) is 0 Å². The van der Waals surface area contributed by atoms with Crippen molar-refractivity contribution in [3.8, 4) is 0 Å². The molecule has 0 saturated heterocycles. The third-order valence-corrected chi connectivity index (χ3v) is 7.40. The van der Waals surface area contributed by atoms with Crippen LogP contribution >= 0.6 is 15.9 Å². The Hall–Kier alpha value is -0.0500. The van der Waals surface area contributed by atoms with Crippen LogP contribution in [0.1, 0.15) is 59.3 Å². The Balaban J connectivity index is 1.68. The summed E-state index contributed by atoms with van der Waals surface area (Å²) in [5, 5.41) is 3.25. The summed E-state index contributed by atoms with van der Waals surface area (Å²) in [4.78, 5) is 13.2. The fraction of sp³-hybridized carbons (Fsp3) is 0.941. The Morgan fingerprint density at radius 1 is 1.25 bits per heavy atom. The Kier molecular flexibility index (Phi) is 3.72. The van der Waals surface area contributed by atoms with Gasteiger partial charge in [-0.05, 0) is 61.7 Å². The van der Waals surface area contributed by atoms with Gasteiger partial charge in [0.2, 0.25) is 5.91 Å². The van der Waals surface area contributed by atoms with Crippen molar-refractivity contribution in [3.05, 3.63) is 0 Å². The Labute approximate surface area is 131 Å². The van der Waals surface area contributed by atoms with E-state index in [2.05, 4.69) is 42.0 Å². The molecule has 4 fully saturated rings. The average molecular weight is 342 g/mol. The predicted molar refractivity (Wildman–Crippen MR) is 85.8 cm³/mol. The average Bonchev–Trinajstić information content (AvgIpc) is 2.32. The summed E-state index contributed by atoms with van der Waals surface area (Å²) in [6.07, 6.45) is 7.56. The molecule has 114 valence electrons. The van der Waals surface area contributed by atoms with Crippen molar-refractivity contribution in [1.29, 1.82) is 0 Å². The van der Waals surface area contributed by atoms with Gasteiger partial charge < -0.3 is 5.32 Å².